The molecule has 142 valence electrons. The minimum Gasteiger partial charge on any atom is -0.355 e. The summed E-state index contributed by atoms with van der Waals surface area (Å²) >= 11 is 0. The molecular weight excluding hydrogens is 366 g/mol. The van der Waals surface area contributed by atoms with E-state index in [0.29, 0.717) is 28.9 Å². The largest absolute Gasteiger partial charge is 0.355 e. The maximum absolute atomic E-state index is 12.6. The first-order chi connectivity index (χ1) is 12.7. The Labute approximate surface area is 158 Å². The van der Waals surface area contributed by atoms with E-state index in [2.05, 4.69) is 10.6 Å². The number of sulfonamides is 1. The highest BCUT2D eigenvalue weighted by atomic mass is 32.2. The first-order valence-corrected chi connectivity index (χ1v) is 10.3. The maximum atomic E-state index is 12.6. The molecule has 27 heavy (non-hydrogen) atoms. The van der Waals surface area contributed by atoms with Crippen molar-refractivity contribution >= 4 is 33.2 Å². The first kappa shape index (κ1) is 18.9. The van der Waals surface area contributed by atoms with Crippen LogP contribution < -0.4 is 14.9 Å². The van der Waals surface area contributed by atoms with Crippen molar-refractivity contribution in [3.05, 3.63) is 59.2 Å². The SMILES string of the molecule is CNC(=O)c1cccc(NC(=O)c2ccc3c(c2)C[C@H](C)N3S(C)(=O)=O)c1. The second kappa shape index (κ2) is 7.03. The quantitative estimate of drug-likeness (QED) is 0.839. The molecule has 8 heteroatoms. The van der Waals surface area contributed by atoms with Crippen LogP contribution in [0.3, 0.4) is 0 Å². The molecule has 0 spiro atoms. The number of carbonyl (C=O) groups is 2. The Bertz CT molecular complexity index is 1020. The molecule has 2 aromatic rings. The van der Waals surface area contributed by atoms with Gasteiger partial charge in [0, 0.05) is 29.9 Å². The molecule has 0 saturated heterocycles. The van der Waals surface area contributed by atoms with E-state index in [-0.39, 0.29) is 17.9 Å². The lowest BCUT2D eigenvalue weighted by Gasteiger charge is -2.21. The van der Waals surface area contributed by atoms with E-state index in [1.807, 2.05) is 6.92 Å². The third kappa shape index (κ3) is 3.80. The van der Waals surface area contributed by atoms with Gasteiger partial charge in [0.1, 0.15) is 0 Å². The molecule has 1 atom stereocenters. The molecule has 0 fully saturated rings. The second-order valence-corrected chi connectivity index (χ2v) is 8.43. The van der Waals surface area contributed by atoms with Crippen LogP contribution in [-0.2, 0) is 16.4 Å². The number of hydrogen-bond acceptors (Lipinski definition) is 4. The average Bonchev–Trinajstić information content (AvgIpc) is 2.96. The number of benzene rings is 2. The van der Waals surface area contributed by atoms with Gasteiger partial charge < -0.3 is 10.6 Å². The zero-order chi connectivity index (χ0) is 19.8. The van der Waals surface area contributed by atoms with E-state index in [1.54, 1.807) is 49.5 Å². The summed E-state index contributed by atoms with van der Waals surface area (Å²) in [6, 6.07) is 11.4. The molecule has 1 heterocycles. The van der Waals surface area contributed by atoms with Gasteiger partial charge in [0.25, 0.3) is 11.8 Å². The number of carbonyl (C=O) groups excluding carboxylic acids is 2. The molecule has 3 rings (SSSR count). The lowest BCUT2D eigenvalue weighted by molar-refractivity contribution is 0.0961. The van der Waals surface area contributed by atoms with Crippen LogP contribution in [0.4, 0.5) is 11.4 Å². The van der Waals surface area contributed by atoms with Crippen molar-refractivity contribution in [2.24, 2.45) is 0 Å². The van der Waals surface area contributed by atoms with Gasteiger partial charge in [-0.3, -0.25) is 13.9 Å². The molecule has 2 aromatic carbocycles. The van der Waals surface area contributed by atoms with Crippen LogP contribution in [0, 0.1) is 0 Å². The van der Waals surface area contributed by atoms with Gasteiger partial charge in [-0.2, -0.15) is 0 Å². The topological polar surface area (TPSA) is 95.6 Å². The minimum atomic E-state index is -3.37. The zero-order valence-corrected chi connectivity index (χ0v) is 16.1. The number of anilines is 2. The predicted molar refractivity (Wildman–Crippen MR) is 105 cm³/mol. The van der Waals surface area contributed by atoms with Crippen molar-refractivity contribution in [3.8, 4) is 0 Å². The number of amides is 2. The number of fused-ring (bicyclic) bond motifs is 1. The summed E-state index contributed by atoms with van der Waals surface area (Å²) in [5.74, 6) is -0.559. The maximum Gasteiger partial charge on any atom is 0.255 e. The van der Waals surface area contributed by atoms with Gasteiger partial charge in [0.2, 0.25) is 10.0 Å². The van der Waals surface area contributed by atoms with Gasteiger partial charge in [-0.05, 0) is 55.3 Å². The second-order valence-electron chi connectivity index (χ2n) is 6.57. The van der Waals surface area contributed by atoms with E-state index < -0.39 is 10.0 Å². The van der Waals surface area contributed by atoms with Gasteiger partial charge in [-0.25, -0.2) is 8.42 Å². The van der Waals surface area contributed by atoms with Crippen LogP contribution in [0.25, 0.3) is 0 Å². The van der Waals surface area contributed by atoms with Crippen molar-refractivity contribution in [2.75, 3.05) is 22.9 Å². The Morgan fingerprint density at radius 3 is 2.44 bits per heavy atom. The van der Waals surface area contributed by atoms with Crippen molar-refractivity contribution in [2.45, 2.75) is 19.4 Å². The smallest absolute Gasteiger partial charge is 0.255 e. The molecule has 2 amide bonds. The van der Waals surface area contributed by atoms with E-state index in [1.165, 1.54) is 10.6 Å². The van der Waals surface area contributed by atoms with Crippen molar-refractivity contribution in [1.29, 1.82) is 0 Å². The number of nitrogens with zero attached hydrogens (tertiary/aromatic N) is 1. The fourth-order valence-corrected chi connectivity index (χ4v) is 4.60. The fraction of sp³-hybridized carbons (Fsp3) is 0.263. The van der Waals surface area contributed by atoms with Crippen LogP contribution in [0.1, 0.15) is 33.2 Å². The summed E-state index contributed by atoms with van der Waals surface area (Å²) in [5.41, 5.74) is 2.82. The molecule has 0 aromatic heterocycles. The minimum absolute atomic E-state index is 0.183. The highest BCUT2D eigenvalue weighted by molar-refractivity contribution is 7.92. The van der Waals surface area contributed by atoms with Gasteiger partial charge in [-0.1, -0.05) is 6.07 Å². The Balaban J connectivity index is 1.84. The number of rotatable bonds is 4. The monoisotopic (exact) mass is 387 g/mol. The average molecular weight is 387 g/mol. The highest BCUT2D eigenvalue weighted by Crippen LogP contribution is 2.34. The predicted octanol–water partition coefficient (Wildman–Crippen LogP) is 2.01. The van der Waals surface area contributed by atoms with Gasteiger partial charge in [0.05, 0.1) is 11.9 Å². The fourth-order valence-electron chi connectivity index (χ4n) is 3.34. The molecular formula is C19H21N3O4S. The Morgan fingerprint density at radius 2 is 1.78 bits per heavy atom. The van der Waals surface area contributed by atoms with Gasteiger partial charge in [0.15, 0.2) is 0 Å². The molecule has 2 N–H and O–H groups in total. The van der Waals surface area contributed by atoms with E-state index >= 15 is 0 Å². The van der Waals surface area contributed by atoms with Crippen LogP contribution in [0.5, 0.6) is 0 Å². The van der Waals surface area contributed by atoms with Gasteiger partial charge >= 0.3 is 0 Å². The molecule has 7 nitrogen and oxygen atoms in total. The highest BCUT2D eigenvalue weighted by Gasteiger charge is 2.32. The van der Waals surface area contributed by atoms with E-state index in [4.69, 9.17) is 0 Å². The summed E-state index contributed by atoms with van der Waals surface area (Å²) in [7, 11) is -1.83. The molecule has 0 bridgehead atoms. The first-order valence-electron chi connectivity index (χ1n) is 8.46. The van der Waals surface area contributed by atoms with Crippen molar-refractivity contribution in [3.63, 3.8) is 0 Å². The van der Waals surface area contributed by atoms with Crippen LogP contribution in [0.15, 0.2) is 42.5 Å². The Hall–Kier alpha value is -2.87. The van der Waals surface area contributed by atoms with E-state index in [0.717, 1.165) is 5.56 Å². The van der Waals surface area contributed by atoms with Crippen LogP contribution >= 0.6 is 0 Å². The summed E-state index contributed by atoms with van der Waals surface area (Å²) in [5, 5.41) is 5.31. The molecule has 1 aliphatic heterocycles. The Kier molecular flexibility index (Phi) is 4.93. The van der Waals surface area contributed by atoms with Crippen molar-refractivity contribution < 1.29 is 18.0 Å². The molecule has 0 unspecified atom stereocenters. The molecule has 0 saturated carbocycles. The molecule has 0 radical (unpaired) electrons. The summed E-state index contributed by atoms with van der Waals surface area (Å²) in [4.78, 5) is 24.3. The van der Waals surface area contributed by atoms with Crippen LogP contribution in [0.2, 0.25) is 0 Å². The van der Waals surface area contributed by atoms with Crippen LogP contribution in [-0.4, -0.2) is 39.6 Å². The lowest BCUT2D eigenvalue weighted by Crippen LogP contribution is -2.34. The third-order valence-electron chi connectivity index (χ3n) is 4.46. The van der Waals surface area contributed by atoms with E-state index in [9.17, 15) is 18.0 Å². The summed E-state index contributed by atoms with van der Waals surface area (Å²) in [6.07, 6.45) is 1.73. The summed E-state index contributed by atoms with van der Waals surface area (Å²) < 4.78 is 25.4. The summed E-state index contributed by atoms with van der Waals surface area (Å²) in [6.45, 7) is 1.84. The lowest BCUT2D eigenvalue weighted by atomic mass is 10.1. The van der Waals surface area contributed by atoms with Gasteiger partial charge in [-0.15, -0.1) is 0 Å². The molecule has 1 aliphatic rings. The number of hydrogen-bond donors (Lipinski definition) is 2. The normalized spacial score (nSPS) is 16.0. The standard InChI is InChI=1S/C19H21N3O4S/c1-12-9-15-10-14(7-8-17(15)22(12)27(3,25)26)19(24)21-16-6-4-5-13(11-16)18(23)20-2/h4-8,10-12H,9H2,1-3H3,(H,20,23)(H,21,24)/t12-/m0/s1. The number of nitrogens with one attached hydrogen (secondary N) is 2. The Morgan fingerprint density at radius 1 is 1.07 bits per heavy atom. The molecule has 0 aliphatic carbocycles. The third-order valence-corrected chi connectivity index (χ3v) is 5.73. The zero-order valence-electron chi connectivity index (χ0n) is 15.3. The van der Waals surface area contributed by atoms with Crippen molar-refractivity contribution in [1.82, 2.24) is 5.32 Å².